The molecule has 0 saturated carbocycles. The highest BCUT2D eigenvalue weighted by Crippen LogP contribution is 2.17. The van der Waals surface area contributed by atoms with Crippen LogP contribution in [0.2, 0.25) is 0 Å². The smallest absolute Gasteiger partial charge is 0.253 e. The van der Waals surface area contributed by atoms with E-state index in [1.807, 2.05) is 39.0 Å². The minimum atomic E-state index is -0.245. The molecular weight excluding hydrogens is 242 g/mol. The van der Waals surface area contributed by atoms with Crippen molar-refractivity contribution in [2.24, 2.45) is 0 Å². The van der Waals surface area contributed by atoms with Crippen LogP contribution in [0.1, 0.15) is 29.8 Å². The van der Waals surface area contributed by atoms with Crippen molar-refractivity contribution < 1.29 is 9.59 Å². The Bertz CT molecular complexity index is 458. The highest BCUT2D eigenvalue weighted by atomic mass is 16.2. The summed E-state index contributed by atoms with van der Waals surface area (Å²) in [6.07, 6.45) is 0. The number of benzene rings is 1. The van der Waals surface area contributed by atoms with Gasteiger partial charge in [-0.05, 0) is 32.9 Å². The fraction of sp³-hybridized carbons (Fsp3) is 0.429. The van der Waals surface area contributed by atoms with Crippen LogP contribution in [0.3, 0.4) is 0 Å². The minimum absolute atomic E-state index is 0.00776. The number of hydrogen-bond acceptors (Lipinski definition) is 3. The van der Waals surface area contributed by atoms with Crippen molar-refractivity contribution in [3.63, 3.8) is 0 Å². The van der Waals surface area contributed by atoms with Gasteiger partial charge in [-0.3, -0.25) is 9.59 Å². The van der Waals surface area contributed by atoms with Crippen LogP contribution in [0.4, 0.5) is 5.69 Å². The molecule has 0 aliphatic heterocycles. The van der Waals surface area contributed by atoms with Gasteiger partial charge in [-0.15, -0.1) is 0 Å². The molecule has 0 aromatic heterocycles. The van der Waals surface area contributed by atoms with E-state index >= 15 is 0 Å². The zero-order chi connectivity index (χ0) is 14.3. The SMILES string of the molecule is CCNC(=O)CNC(=O)c1cc(C)ccc1NCC. The van der Waals surface area contributed by atoms with Crippen LogP contribution in [0.5, 0.6) is 0 Å². The largest absolute Gasteiger partial charge is 0.385 e. The fourth-order valence-corrected chi connectivity index (χ4v) is 1.71. The van der Waals surface area contributed by atoms with Crippen LogP contribution < -0.4 is 16.0 Å². The molecule has 104 valence electrons. The Morgan fingerprint density at radius 3 is 2.47 bits per heavy atom. The first-order valence-electron chi connectivity index (χ1n) is 6.47. The molecule has 1 aromatic rings. The van der Waals surface area contributed by atoms with Gasteiger partial charge in [0.25, 0.3) is 5.91 Å². The molecule has 1 rings (SSSR count). The molecule has 0 spiro atoms. The molecule has 5 heteroatoms. The Labute approximate surface area is 113 Å². The molecule has 3 N–H and O–H groups in total. The average molecular weight is 263 g/mol. The predicted molar refractivity (Wildman–Crippen MR) is 76.4 cm³/mol. The van der Waals surface area contributed by atoms with Crippen LogP contribution >= 0.6 is 0 Å². The number of hydrogen-bond donors (Lipinski definition) is 3. The van der Waals surface area contributed by atoms with E-state index in [4.69, 9.17) is 0 Å². The van der Waals surface area contributed by atoms with Gasteiger partial charge in [0.15, 0.2) is 0 Å². The monoisotopic (exact) mass is 263 g/mol. The van der Waals surface area contributed by atoms with Crippen molar-refractivity contribution in [2.45, 2.75) is 20.8 Å². The molecule has 19 heavy (non-hydrogen) atoms. The van der Waals surface area contributed by atoms with Gasteiger partial charge >= 0.3 is 0 Å². The summed E-state index contributed by atoms with van der Waals surface area (Å²) in [4.78, 5) is 23.4. The number of carbonyl (C=O) groups excluding carboxylic acids is 2. The highest BCUT2D eigenvalue weighted by Gasteiger charge is 2.12. The van der Waals surface area contributed by atoms with Gasteiger partial charge in [0.05, 0.1) is 12.1 Å². The molecule has 5 nitrogen and oxygen atoms in total. The maximum absolute atomic E-state index is 12.1. The molecule has 0 bridgehead atoms. The second kappa shape index (κ2) is 7.41. The maximum Gasteiger partial charge on any atom is 0.253 e. The topological polar surface area (TPSA) is 70.2 Å². The van der Waals surface area contributed by atoms with Gasteiger partial charge < -0.3 is 16.0 Å². The molecule has 0 saturated heterocycles. The lowest BCUT2D eigenvalue weighted by molar-refractivity contribution is -0.120. The molecule has 0 aliphatic carbocycles. The molecule has 0 unspecified atom stereocenters. The van der Waals surface area contributed by atoms with Crippen LogP contribution in [-0.4, -0.2) is 31.4 Å². The molecule has 1 aromatic carbocycles. The number of anilines is 1. The number of rotatable bonds is 6. The quantitative estimate of drug-likeness (QED) is 0.724. The molecule has 0 radical (unpaired) electrons. The number of amides is 2. The third-order valence-corrected chi connectivity index (χ3v) is 2.57. The molecule has 0 heterocycles. The van der Waals surface area contributed by atoms with E-state index in [1.54, 1.807) is 0 Å². The van der Waals surface area contributed by atoms with Gasteiger partial charge in [-0.25, -0.2) is 0 Å². The Kier molecular flexibility index (Phi) is 5.85. The van der Waals surface area contributed by atoms with E-state index in [0.717, 1.165) is 17.8 Å². The highest BCUT2D eigenvalue weighted by molar-refractivity contribution is 6.01. The number of nitrogens with one attached hydrogen (secondary N) is 3. The van der Waals surface area contributed by atoms with Crippen molar-refractivity contribution in [3.05, 3.63) is 29.3 Å². The summed E-state index contributed by atoms with van der Waals surface area (Å²) in [6.45, 7) is 7.02. The number of likely N-dealkylation sites (N-methyl/N-ethyl adjacent to an activating group) is 1. The molecular formula is C14H21N3O2. The number of carbonyl (C=O) groups is 2. The lowest BCUT2D eigenvalue weighted by Gasteiger charge is -2.12. The molecule has 0 fully saturated rings. The zero-order valence-corrected chi connectivity index (χ0v) is 11.7. The third kappa shape index (κ3) is 4.62. The Morgan fingerprint density at radius 2 is 1.84 bits per heavy atom. The van der Waals surface area contributed by atoms with E-state index in [9.17, 15) is 9.59 Å². The summed E-state index contributed by atoms with van der Waals surface area (Å²) in [5.41, 5.74) is 2.34. The maximum atomic E-state index is 12.1. The standard InChI is InChI=1S/C14H21N3O2/c1-4-15-12-7-6-10(3)8-11(12)14(19)17-9-13(18)16-5-2/h6-8,15H,4-5,9H2,1-3H3,(H,16,18)(H,17,19). The van der Waals surface area contributed by atoms with Crippen molar-refractivity contribution in [1.82, 2.24) is 10.6 Å². The lowest BCUT2D eigenvalue weighted by atomic mass is 10.1. The second-order valence-electron chi connectivity index (χ2n) is 4.22. The molecule has 2 amide bonds. The van der Waals surface area contributed by atoms with E-state index in [2.05, 4.69) is 16.0 Å². The lowest BCUT2D eigenvalue weighted by Crippen LogP contribution is -2.37. The van der Waals surface area contributed by atoms with Crippen molar-refractivity contribution in [3.8, 4) is 0 Å². The van der Waals surface area contributed by atoms with Crippen LogP contribution in [-0.2, 0) is 4.79 Å². The summed E-state index contributed by atoms with van der Waals surface area (Å²) >= 11 is 0. The van der Waals surface area contributed by atoms with Gasteiger partial charge in [-0.2, -0.15) is 0 Å². The Morgan fingerprint density at radius 1 is 1.11 bits per heavy atom. The van der Waals surface area contributed by atoms with Gasteiger partial charge in [0, 0.05) is 18.8 Å². The van der Waals surface area contributed by atoms with E-state index in [0.29, 0.717) is 12.1 Å². The second-order valence-corrected chi connectivity index (χ2v) is 4.22. The van der Waals surface area contributed by atoms with Crippen LogP contribution in [0.25, 0.3) is 0 Å². The first-order valence-corrected chi connectivity index (χ1v) is 6.47. The molecule has 0 atom stereocenters. The number of aryl methyl sites for hydroxylation is 1. The van der Waals surface area contributed by atoms with Crippen molar-refractivity contribution in [2.75, 3.05) is 25.0 Å². The summed E-state index contributed by atoms with van der Waals surface area (Å²) in [5.74, 6) is -0.431. The van der Waals surface area contributed by atoms with Crippen LogP contribution in [0, 0.1) is 6.92 Å². The predicted octanol–water partition coefficient (Wildman–Crippen LogP) is 1.29. The Balaban J connectivity index is 2.75. The van der Waals surface area contributed by atoms with Crippen molar-refractivity contribution >= 4 is 17.5 Å². The summed E-state index contributed by atoms with van der Waals surface area (Å²) in [5, 5.41) is 8.39. The average Bonchev–Trinajstić information content (AvgIpc) is 2.38. The van der Waals surface area contributed by atoms with E-state index in [-0.39, 0.29) is 18.4 Å². The van der Waals surface area contributed by atoms with E-state index in [1.165, 1.54) is 0 Å². The van der Waals surface area contributed by atoms with E-state index < -0.39 is 0 Å². The van der Waals surface area contributed by atoms with Crippen LogP contribution in [0.15, 0.2) is 18.2 Å². The summed E-state index contributed by atoms with van der Waals surface area (Å²) < 4.78 is 0. The van der Waals surface area contributed by atoms with Crippen molar-refractivity contribution in [1.29, 1.82) is 0 Å². The normalized spacial score (nSPS) is 9.84. The third-order valence-electron chi connectivity index (χ3n) is 2.57. The first kappa shape index (κ1) is 15.0. The van der Waals surface area contributed by atoms with Gasteiger partial charge in [-0.1, -0.05) is 11.6 Å². The fourth-order valence-electron chi connectivity index (χ4n) is 1.71. The summed E-state index contributed by atoms with van der Waals surface area (Å²) in [6, 6.07) is 5.63. The van der Waals surface area contributed by atoms with Gasteiger partial charge in [0.2, 0.25) is 5.91 Å². The first-order chi connectivity index (χ1) is 9.08. The zero-order valence-electron chi connectivity index (χ0n) is 11.7. The van der Waals surface area contributed by atoms with Gasteiger partial charge in [0.1, 0.15) is 0 Å². The molecule has 0 aliphatic rings. The minimum Gasteiger partial charge on any atom is -0.385 e. The summed E-state index contributed by atoms with van der Waals surface area (Å²) in [7, 11) is 0. The Hall–Kier alpha value is -2.04.